The zero-order chi connectivity index (χ0) is 28.6. The summed E-state index contributed by atoms with van der Waals surface area (Å²) in [6, 6.07) is 0. The maximum atomic E-state index is 13.6. The van der Waals surface area contributed by atoms with Gasteiger partial charge in [-0.25, -0.2) is 9.59 Å². The SMILES string of the molecule is C=C(C)C(=O)OC1CC(/C=C(\C)C(=O)OC23CC4CC(CC(OC(C)=O)(C4)C2)C3)C2C3CC(CC3OC(C)=O)C12. The Balaban J connectivity index is 1.21. The van der Waals surface area contributed by atoms with Gasteiger partial charge in [0.2, 0.25) is 0 Å². The first kappa shape index (κ1) is 27.5. The molecule has 7 saturated carbocycles. The summed E-state index contributed by atoms with van der Waals surface area (Å²) >= 11 is 0. The van der Waals surface area contributed by atoms with Gasteiger partial charge < -0.3 is 18.9 Å². The van der Waals surface area contributed by atoms with Crippen molar-refractivity contribution >= 4 is 23.9 Å². The van der Waals surface area contributed by atoms with E-state index in [4.69, 9.17) is 18.9 Å². The molecule has 0 aromatic rings. The zero-order valence-electron chi connectivity index (χ0n) is 24.1. The lowest BCUT2D eigenvalue weighted by atomic mass is 9.52. The molecule has 0 radical (unpaired) electrons. The zero-order valence-corrected chi connectivity index (χ0v) is 24.1. The number of allylic oxidation sites excluding steroid dienone is 1. The molecular weight excluding hydrogens is 512 g/mol. The highest BCUT2D eigenvalue weighted by Crippen LogP contribution is 2.63. The normalized spacial score (nSPS) is 44.2. The number of rotatable bonds is 7. The van der Waals surface area contributed by atoms with Crippen molar-refractivity contribution < 1.29 is 38.1 Å². The lowest BCUT2D eigenvalue weighted by Crippen LogP contribution is -2.61. The summed E-state index contributed by atoms with van der Waals surface area (Å²) in [6.45, 7) is 10.1. The van der Waals surface area contributed by atoms with Gasteiger partial charge in [-0.15, -0.1) is 0 Å². The van der Waals surface area contributed by atoms with Gasteiger partial charge in [0.25, 0.3) is 0 Å². The molecule has 9 atom stereocenters. The molecule has 0 saturated heterocycles. The molecule has 7 aliphatic carbocycles. The average molecular weight is 555 g/mol. The van der Waals surface area contributed by atoms with Crippen molar-refractivity contribution in [1.82, 2.24) is 0 Å². The summed E-state index contributed by atoms with van der Waals surface area (Å²) in [5.74, 6) is 0.428. The van der Waals surface area contributed by atoms with Crippen LogP contribution < -0.4 is 0 Å². The highest BCUT2D eigenvalue weighted by atomic mass is 16.6. The predicted octanol–water partition coefficient (Wildman–Crippen LogP) is 4.84. The quantitative estimate of drug-likeness (QED) is 0.250. The van der Waals surface area contributed by atoms with Crippen molar-refractivity contribution in [2.24, 2.45) is 41.4 Å². The van der Waals surface area contributed by atoms with E-state index in [1.165, 1.54) is 13.8 Å². The maximum Gasteiger partial charge on any atom is 0.333 e. The second-order valence-electron chi connectivity index (χ2n) is 14.0. The first-order valence-electron chi connectivity index (χ1n) is 15.0. The van der Waals surface area contributed by atoms with Gasteiger partial charge in [0.1, 0.15) is 23.4 Å². The number of hydrogen-bond acceptors (Lipinski definition) is 8. The van der Waals surface area contributed by atoms with E-state index < -0.39 is 11.2 Å². The lowest BCUT2D eigenvalue weighted by molar-refractivity contribution is -0.228. The van der Waals surface area contributed by atoms with Crippen LogP contribution in [0.1, 0.15) is 85.5 Å². The highest BCUT2D eigenvalue weighted by Gasteiger charge is 2.63. The Labute approximate surface area is 236 Å². The van der Waals surface area contributed by atoms with Crippen LogP contribution in [0.2, 0.25) is 0 Å². The third-order valence-corrected chi connectivity index (χ3v) is 10.8. The number of carbonyl (C=O) groups is 4. The molecule has 7 fully saturated rings. The fraction of sp³-hybridized carbons (Fsp3) is 0.750. The Kier molecular flexibility index (Phi) is 6.69. The number of fused-ring (bicyclic) bond motifs is 5. The molecule has 9 unspecified atom stereocenters. The molecule has 218 valence electrons. The minimum Gasteiger partial charge on any atom is -0.462 e. The Morgan fingerprint density at radius 1 is 0.725 bits per heavy atom. The largest absolute Gasteiger partial charge is 0.462 e. The molecule has 0 aromatic heterocycles. The summed E-state index contributed by atoms with van der Waals surface area (Å²) in [6.07, 6.45) is 9.05. The lowest BCUT2D eigenvalue weighted by Gasteiger charge is -2.60. The van der Waals surface area contributed by atoms with Crippen LogP contribution in [0.4, 0.5) is 0 Å². The van der Waals surface area contributed by atoms with E-state index in [1.807, 2.05) is 13.0 Å². The molecule has 0 spiro atoms. The summed E-state index contributed by atoms with van der Waals surface area (Å²) in [5, 5.41) is 0. The van der Waals surface area contributed by atoms with E-state index >= 15 is 0 Å². The van der Waals surface area contributed by atoms with Gasteiger partial charge in [0.05, 0.1) is 0 Å². The molecule has 0 heterocycles. The average Bonchev–Trinajstić information content (AvgIpc) is 3.48. The smallest absolute Gasteiger partial charge is 0.333 e. The van der Waals surface area contributed by atoms with Gasteiger partial charge >= 0.3 is 23.9 Å². The minimum atomic E-state index is -0.587. The van der Waals surface area contributed by atoms with Crippen molar-refractivity contribution in [2.45, 2.75) is 109 Å². The fourth-order valence-electron chi connectivity index (χ4n) is 10.3. The predicted molar refractivity (Wildman–Crippen MR) is 143 cm³/mol. The Morgan fingerprint density at radius 3 is 1.98 bits per heavy atom. The molecule has 8 nitrogen and oxygen atoms in total. The van der Waals surface area contributed by atoms with E-state index in [0.717, 1.165) is 44.9 Å². The van der Waals surface area contributed by atoms with E-state index in [2.05, 4.69) is 6.58 Å². The van der Waals surface area contributed by atoms with Crippen molar-refractivity contribution in [3.63, 3.8) is 0 Å². The first-order chi connectivity index (χ1) is 18.9. The summed E-state index contributed by atoms with van der Waals surface area (Å²) in [5.41, 5.74) is -0.170. The summed E-state index contributed by atoms with van der Waals surface area (Å²) in [7, 11) is 0. The molecule has 0 N–H and O–H groups in total. The van der Waals surface area contributed by atoms with Gasteiger partial charge in [-0.2, -0.15) is 0 Å². The summed E-state index contributed by atoms with van der Waals surface area (Å²) < 4.78 is 23.8. The molecule has 7 aliphatic rings. The van der Waals surface area contributed by atoms with Gasteiger partial charge in [-0.3, -0.25) is 9.59 Å². The molecule has 0 aromatic carbocycles. The van der Waals surface area contributed by atoms with Crippen LogP contribution in [0.25, 0.3) is 0 Å². The Bertz CT molecular complexity index is 1150. The van der Waals surface area contributed by atoms with Crippen molar-refractivity contribution in [3.05, 3.63) is 23.8 Å². The van der Waals surface area contributed by atoms with Crippen LogP contribution in [-0.2, 0) is 38.1 Å². The molecule has 7 rings (SSSR count). The van der Waals surface area contributed by atoms with Crippen LogP contribution in [0.15, 0.2) is 23.8 Å². The maximum absolute atomic E-state index is 13.6. The van der Waals surface area contributed by atoms with Crippen LogP contribution >= 0.6 is 0 Å². The number of ether oxygens (including phenoxy) is 4. The van der Waals surface area contributed by atoms with Crippen molar-refractivity contribution in [1.29, 1.82) is 0 Å². The molecule has 40 heavy (non-hydrogen) atoms. The topological polar surface area (TPSA) is 105 Å². The highest BCUT2D eigenvalue weighted by molar-refractivity contribution is 5.88. The standard InChI is InChI=1S/C32H42O8/c1-16(2)29(35)38-26-10-22(27-24-8-23(28(26)27)9-25(24)37-18(4)33)6-17(3)30(36)40-32-13-20-7-21(14-32)12-31(11-20,15-32)39-19(5)34/h6,20-28H,1,7-15H2,2-5H3/b17-6+. The third-order valence-electron chi connectivity index (χ3n) is 10.8. The van der Waals surface area contributed by atoms with E-state index in [0.29, 0.717) is 41.7 Å². The van der Waals surface area contributed by atoms with Crippen LogP contribution in [0.3, 0.4) is 0 Å². The van der Waals surface area contributed by atoms with Gasteiger partial charge in [-0.1, -0.05) is 12.7 Å². The molecule has 0 aliphatic heterocycles. The van der Waals surface area contributed by atoms with Crippen molar-refractivity contribution in [2.75, 3.05) is 0 Å². The fourth-order valence-corrected chi connectivity index (χ4v) is 10.3. The van der Waals surface area contributed by atoms with Crippen LogP contribution in [0.5, 0.6) is 0 Å². The van der Waals surface area contributed by atoms with E-state index in [9.17, 15) is 19.2 Å². The monoisotopic (exact) mass is 554 g/mol. The van der Waals surface area contributed by atoms with Crippen LogP contribution in [0, 0.1) is 41.4 Å². The second kappa shape index (κ2) is 9.73. The number of hydrogen-bond donors (Lipinski definition) is 0. The number of carbonyl (C=O) groups excluding carboxylic acids is 4. The van der Waals surface area contributed by atoms with Gasteiger partial charge in [-0.05, 0) is 94.8 Å². The van der Waals surface area contributed by atoms with Gasteiger partial charge in [0, 0.05) is 43.3 Å². The number of esters is 4. The Morgan fingerprint density at radius 2 is 1.38 bits per heavy atom. The molecular formula is C32H42O8. The van der Waals surface area contributed by atoms with E-state index in [1.54, 1.807) is 6.92 Å². The van der Waals surface area contributed by atoms with E-state index in [-0.39, 0.29) is 59.8 Å². The molecule has 6 bridgehead atoms. The molecule has 8 heteroatoms. The summed E-state index contributed by atoms with van der Waals surface area (Å²) in [4.78, 5) is 49.8. The first-order valence-corrected chi connectivity index (χ1v) is 15.0. The second-order valence-corrected chi connectivity index (χ2v) is 14.0. The van der Waals surface area contributed by atoms with Gasteiger partial charge in [0.15, 0.2) is 0 Å². The molecule has 0 amide bonds. The van der Waals surface area contributed by atoms with Crippen molar-refractivity contribution in [3.8, 4) is 0 Å². The van der Waals surface area contributed by atoms with Crippen LogP contribution in [-0.4, -0.2) is 47.3 Å². The minimum absolute atomic E-state index is 0.0116. The third kappa shape index (κ3) is 4.79. The Hall–Kier alpha value is -2.64.